The summed E-state index contributed by atoms with van der Waals surface area (Å²) in [5, 5.41) is 4.47. The number of para-hydroxylation sites is 1. The van der Waals surface area contributed by atoms with Crippen molar-refractivity contribution in [3.05, 3.63) is 70.9 Å². The predicted octanol–water partition coefficient (Wildman–Crippen LogP) is 5.12. The number of fused-ring (bicyclic) bond motifs is 3. The zero-order chi connectivity index (χ0) is 27.6. The molecule has 4 aliphatic carbocycles. The van der Waals surface area contributed by atoms with Crippen LogP contribution in [-0.2, 0) is 20.7 Å². The first-order valence-corrected chi connectivity index (χ1v) is 14.9. The van der Waals surface area contributed by atoms with Crippen molar-refractivity contribution in [2.75, 3.05) is 13.0 Å². The molecule has 8 rings (SSSR count). The number of methoxy groups -OCH3 is 1. The number of benzene rings is 2. The molecule has 4 fully saturated rings. The summed E-state index contributed by atoms with van der Waals surface area (Å²) in [5.41, 5.74) is 4.11. The SMILES string of the molecule is COC(=O)[C@H]1Cc2c([nH]c3ccccc23)[C@H](c2ccc(C(=O)NC34C[C@H]5C[C@@H](C3)C[C@@H](C4)C5)cc2)N1C(=O)CCl. The average Bonchev–Trinajstić information content (AvgIpc) is 3.33. The van der Waals surface area contributed by atoms with Gasteiger partial charge in [0.15, 0.2) is 0 Å². The lowest BCUT2D eigenvalue weighted by Gasteiger charge is -2.56. The van der Waals surface area contributed by atoms with Gasteiger partial charge in [0, 0.05) is 34.1 Å². The van der Waals surface area contributed by atoms with Crippen molar-refractivity contribution < 1.29 is 19.1 Å². The second-order valence-corrected chi connectivity index (χ2v) is 12.7. The van der Waals surface area contributed by atoms with Gasteiger partial charge < -0.3 is 19.9 Å². The van der Waals surface area contributed by atoms with Crippen LogP contribution in [0.25, 0.3) is 10.9 Å². The number of hydrogen-bond acceptors (Lipinski definition) is 4. The van der Waals surface area contributed by atoms with Crippen LogP contribution in [0, 0.1) is 17.8 Å². The van der Waals surface area contributed by atoms with E-state index in [2.05, 4.69) is 10.3 Å². The Hall–Kier alpha value is -3.32. The minimum absolute atomic E-state index is 0.0374. The van der Waals surface area contributed by atoms with Gasteiger partial charge in [0.25, 0.3) is 5.91 Å². The molecular formula is C32H34ClN3O4. The van der Waals surface area contributed by atoms with Gasteiger partial charge in [0.1, 0.15) is 11.9 Å². The summed E-state index contributed by atoms with van der Waals surface area (Å²) in [6.45, 7) is 0. The molecule has 2 heterocycles. The zero-order valence-electron chi connectivity index (χ0n) is 22.6. The molecule has 0 radical (unpaired) electrons. The Morgan fingerprint density at radius 2 is 1.65 bits per heavy atom. The van der Waals surface area contributed by atoms with E-state index < -0.39 is 18.1 Å². The summed E-state index contributed by atoms with van der Waals surface area (Å²) in [7, 11) is 1.34. The highest BCUT2D eigenvalue weighted by atomic mass is 35.5. The fourth-order valence-corrected chi connectivity index (χ4v) is 8.86. The van der Waals surface area contributed by atoms with Crippen molar-refractivity contribution in [2.24, 2.45) is 17.8 Å². The number of aromatic amines is 1. The molecule has 40 heavy (non-hydrogen) atoms. The summed E-state index contributed by atoms with van der Waals surface area (Å²) in [6, 6.07) is 14.0. The van der Waals surface area contributed by atoms with E-state index in [-0.39, 0.29) is 23.2 Å². The zero-order valence-corrected chi connectivity index (χ0v) is 23.4. The maximum absolute atomic E-state index is 13.5. The minimum atomic E-state index is -0.813. The van der Waals surface area contributed by atoms with Gasteiger partial charge in [-0.3, -0.25) is 9.59 Å². The number of hydrogen-bond donors (Lipinski definition) is 2. The number of alkyl halides is 1. The number of carbonyl (C=O) groups excluding carboxylic acids is 3. The molecule has 7 nitrogen and oxygen atoms in total. The van der Waals surface area contributed by atoms with Crippen molar-refractivity contribution in [1.82, 2.24) is 15.2 Å². The van der Waals surface area contributed by atoms with Crippen molar-refractivity contribution in [2.45, 2.75) is 62.6 Å². The summed E-state index contributed by atoms with van der Waals surface area (Å²) in [6.07, 6.45) is 7.59. The number of nitrogens with one attached hydrogen (secondary N) is 2. The molecule has 2 amide bonds. The van der Waals surface area contributed by atoms with E-state index in [1.54, 1.807) is 4.90 Å². The van der Waals surface area contributed by atoms with Gasteiger partial charge in [-0.25, -0.2) is 4.79 Å². The van der Waals surface area contributed by atoms with Crippen LogP contribution in [-0.4, -0.2) is 52.2 Å². The molecule has 1 aliphatic heterocycles. The lowest BCUT2D eigenvalue weighted by Crippen LogP contribution is -2.59. The lowest BCUT2D eigenvalue weighted by molar-refractivity contribution is -0.154. The van der Waals surface area contributed by atoms with E-state index in [9.17, 15) is 14.4 Å². The highest BCUT2D eigenvalue weighted by molar-refractivity contribution is 6.27. The first-order chi connectivity index (χ1) is 19.4. The van der Waals surface area contributed by atoms with E-state index in [1.807, 2.05) is 48.5 Å². The van der Waals surface area contributed by atoms with E-state index in [1.165, 1.54) is 26.4 Å². The van der Waals surface area contributed by atoms with E-state index >= 15 is 0 Å². The molecule has 2 atom stereocenters. The second-order valence-electron chi connectivity index (χ2n) is 12.4. The van der Waals surface area contributed by atoms with Gasteiger partial charge in [0.2, 0.25) is 5.91 Å². The normalized spacial score (nSPS) is 30.2. The molecule has 0 unspecified atom stereocenters. The average molecular weight is 560 g/mol. The van der Waals surface area contributed by atoms with Crippen molar-refractivity contribution in [3.8, 4) is 0 Å². The van der Waals surface area contributed by atoms with Crippen LogP contribution in [0.5, 0.6) is 0 Å². The minimum Gasteiger partial charge on any atom is -0.467 e. The molecule has 4 saturated carbocycles. The monoisotopic (exact) mass is 559 g/mol. The fraction of sp³-hybridized carbons (Fsp3) is 0.469. The maximum Gasteiger partial charge on any atom is 0.328 e. The van der Waals surface area contributed by atoms with Gasteiger partial charge in [-0.15, -0.1) is 11.6 Å². The van der Waals surface area contributed by atoms with E-state index in [0.29, 0.717) is 12.0 Å². The quantitative estimate of drug-likeness (QED) is 0.335. The molecule has 2 N–H and O–H groups in total. The molecular weight excluding hydrogens is 526 g/mol. The maximum atomic E-state index is 13.5. The molecule has 8 heteroatoms. The molecule has 1 aromatic heterocycles. The van der Waals surface area contributed by atoms with Gasteiger partial charge in [-0.05, 0) is 85.6 Å². The molecule has 4 bridgehead atoms. The third kappa shape index (κ3) is 4.12. The van der Waals surface area contributed by atoms with Crippen molar-refractivity contribution in [3.63, 3.8) is 0 Å². The molecule has 2 aromatic carbocycles. The van der Waals surface area contributed by atoms with Crippen LogP contribution in [0.4, 0.5) is 0 Å². The Kier molecular flexibility index (Phi) is 6.19. The van der Waals surface area contributed by atoms with Gasteiger partial charge in [-0.1, -0.05) is 30.3 Å². The number of H-pyrrole nitrogens is 1. The number of halogens is 1. The van der Waals surface area contributed by atoms with Crippen LogP contribution < -0.4 is 5.32 Å². The lowest BCUT2D eigenvalue weighted by atomic mass is 9.53. The summed E-state index contributed by atoms with van der Waals surface area (Å²) >= 11 is 6.07. The van der Waals surface area contributed by atoms with Crippen LogP contribution >= 0.6 is 11.6 Å². The standard InChI is InChI=1S/C32H34ClN3O4/c1-40-31(39)26-13-24-23-4-2-3-5-25(23)34-28(24)29(36(26)27(37)17-33)21-6-8-22(9-7-21)30(38)35-32-14-18-10-19(15-32)12-20(11-18)16-32/h2-9,18-20,26,29,34H,10-17H2,1H3,(H,35,38)/t18-,19+,20-,26-,29+,32?/m1/s1. The number of esters is 1. The Labute approximate surface area is 238 Å². The largest absolute Gasteiger partial charge is 0.467 e. The second kappa shape index (κ2) is 9.65. The number of rotatable bonds is 5. The Morgan fingerprint density at radius 3 is 2.27 bits per heavy atom. The molecule has 0 spiro atoms. The highest BCUT2D eigenvalue weighted by Crippen LogP contribution is 2.55. The fourth-order valence-electron chi connectivity index (χ4n) is 8.73. The van der Waals surface area contributed by atoms with Crippen LogP contribution in [0.15, 0.2) is 48.5 Å². The Balaban J connectivity index is 1.23. The number of aromatic nitrogens is 1. The molecule has 5 aliphatic rings. The van der Waals surface area contributed by atoms with Crippen molar-refractivity contribution in [1.29, 1.82) is 0 Å². The first-order valence-electron chi connectivity index (χ1n) is 14.3. The van der Waals surface area contributed by atoms with E-state index in [4.69, 9.17) is 16.3 Å². The third-order valence-electron chi connectivity index (χ3n) is 9.91. The summed E-state index contributed by atoms with van der Waals surface area (Å²) in [4.78, 5) is 44.7. The highest BCUT2D eigenvalue weighted by Gasteiger charge is 2.51. The van der Waals surface area contributed by atoms with Gasteiger partial charge >= 0.3 is 5.97 Å². The third-order valence-corrected chi connectivity index (χ3v) is 10.1. The topological polar surface area (TPSA) is 91.5 Å². The van der Waals surface area contributed by atoms with Crippen LogP contribution in [0.2, 0.25) is 0 Å². The predicted molar refractivity (Wildman–Crippen MR) is 152 cm³/mol. The molecule has 3 aromatic rings. The van der Waals surface area contributed by atoms with Gasteiger partial charge in [-0.2, -0.15) is 0 Å². The van der Waals surface area contributed by atoms with Gasteiger partial charge in [0.05, 0.1) is 13.2 Å². The van der Waals surface area contributed by atoms with Crippen LogP contribution in [0.1, 0.15) is 71.7 Å². The van der Waals surface area contributed by atoms with E-state index in [0.717, 1.165) is 64.7 Å². The van der Waals surface area contributed by atoms with Crippen molar-refractivity contribution >= 4 is 40.3 Å². The molecule has 208 valence electrons. The summed E-state index contributed by atoms with van der Waals surface area (Å²) < 4.78 is 5.13. The van der Waals surface area contributed by atoms with Crippen LogP contribution in [0.3, 0.4) is 0 Å². The number of ether oxygens (including phenoxy) is 1. The first kappa shape index (κ1) is 25.6. The number of carbonyl (C=O) groups is 3. The smallest absolute Gasteiger partial charge is 0.328 e. The Bertz CT molecular complexity index is 1460. The summed E-state index contributed by atoms with van der Waals surface area (Å²) in [5.74, 6) is 1.12. The Morgan fingerprint density at radius 1 is 1.00 bits per heavy atom. The number of amides is 2. The number of nitrogens with zero attached hydrogens (tertiary/aromatic N) is 1. The molecule has 0 saturated heterocycles.